The Morgan fingerprint density at radius 2 is 2.28 bits per heavy atom. The van der Waals surface area contributed by atoms with Crippen molar-refractivity contribution in [1.29, 1.82) is 0 Å². The normalized spacial score (nSPS) is 25.3. The SMILES string of the molecule is CC1CN(Cc2ccc(F)c(Br)c2)CC(CO)O1. The Balaban J connectivity index is 2.01. The van der Waals surface area contributed by atoms with Crippen molar-refractivity contribution in [3.63, 3.8) is 0 Å². The van der Waals surface area contributed by atoms with E-state index in [1.807, 2.05) is 6.92 Å². The molecule has 1 aromatic rings. The Bertz CT molecular complexity index is 416. The maximum absolute atomic E-state index is 13.1. The van der Waals surface area contributed by atoms with E-state index in [0.717, 1.165) is 18.7 Å². The molecule has 1 aliphatic heterocycles. The van der Waals surface area contributed by atoms with Crippen LogP contribution in [0, 0.1) is 5.82 Å². The molecule has 2 rings (SSSR count). The monoisotopic (exact) mass is 317 g/mol. The molecule has 1 saturated heterocycles. The van der Waals surface area contributed by atoms with Crippen molar-refractivity contribution >= 4 is 15.9 Å². The molecule has 100 valence electrons. The van der Waals surface area contributed by atoms with Gasteiger partial charge in [-0.2, -0.15) is 0 Å². The van der Waals surface area contributed by atoms with Gasteiger partial charge >= 0.3 is 0 Å². The van der Waals surface area contributed by atoms with Gasteiger partial charge in [-0.1, -0.05) is 6.07 Å². The van der Waals surface area contributed by atoms with E-state index >= 15 is 0 Å². The summed E-state index contributed by atoms with van der Waals surface area (Å²) >= 11 is 3.19. The van der Waals surface area contributed by atoms with E-state index in [-0.39, 0.29) is 24.6 Å². The van der Waals surface area contributed by atoms with Crippen LogP contribution in [0.2, 0.25) is 0 Å². The molecule has 1 heterocycles. The molecule has 5 heteroatoms. The summed E-state index contributed by atoms with van der Waals surface area (Å²) in [7, 11) is 0. The molecular weight excluding hydrogens is 301 g/mol. The fourth-order valence-electron chi connectivity index (χ4n) is 2.27. The number of morpholine rings is 1. The molecule has 0 saturated carbocycles. The average Bonchev–Trinajstić information content (AvgIpc) is 2.33. The molecule has 1 N–H and O–H groups in total. The number of halogens is 2. The van der Waals surface area contributed by atoms with Gasteiger partial charge in [-0.3, -0.25) is 4.90 Å². The summed E-state index contributed by atoms with van der Waals surface area (Å²) in [5.41, 5.74) is 1.05. The van der Waals surface area contributed by atoms with Gasteiger partial charge in [0.25, 0.3) is 0 Å². The average molecular weight is 318 g/mol. The van der Waals surface area contributed by atoms with Gasteiger partial charge in [0, 0.05) is 19.6 Å². The fourth-order valence-corrected chi connectivity index (χ4v) is 2.69. The van der Waals surface area contributed by atoms with Crippen molar-refractivity contribution in [3.05, 3.63) is 34.1 Å². The second-order valence-corrected chi connectivity index (χ2v) is 5.55. The lowest BCUT2D eigenvalue weighted by molar-refractivity contribution is -0.0972. The molecule has 0 spiro atoms. The van der Waals surface area contributed by atoms with Crippen LogP contribution in [0.15, 0.2) is 22.7 Å². The number of rotatable bonds is 3. The maximum atomic E-state index is 13.1. The van der Waals surface area contributed by atoms with Crippen LogP contribution in [-0.2, 0) is 11.3 Å². The highest BCUT2D eigenvalue weighted by atomic mass is 79.9. The minimum atomic E-state index is -0.248. The predicted molar refractivity (Wildman–Crippen MR) is 70.8 cm³/mol. The van der Waals surface area contributed by atoms with Crippen LogP contribution in [-0.4, -0.2) is 41.9 Å². The highest BCUT2D eigenvalue weighted by molar-refractivity contribution is 9.10. The zero-order valence-electron chi connectivity index (χ0n) is 10.3. The summed E-state index contributed by atoms with van der Waals surface area (Å²) in [6.07, 6.45) is -0.0163. The van der Waals surface area contributed by atoms with Gasteiger partial charge in [0.15, 0.2) is 0 Å². The highest BCUT2D eigenvalue weighted by Crippen LogP contribution is 2.19. The molecular formula is C13H17BrFNO2. The Morgan fingerprint density at radius 3 is 2.94 bits per heavy atom. The number of aliphatic hydroxyl groups excluding tert-OH is 1. The summed E-state index contributed by atoms with van der Waals surface area (Å²) < 4.78 is 19.2. The van der Waals surface area contributed by atoms with Crippen LogP contribution in [0.3, 0.4) is 0 Å². The highest BCUT2D eigenvalue weighted by Gasteiger charge is 2.24. The maximum Gasteiger partial charge on any atom is 0.137 e. The Labute approximate surface area is 115 Å². The third kappa shape index (κ3) is 3.51. The first-order chi connectivity index (χ1) is 8.58. The first-order valence-electron chi connectivity index (χ1n) is 6.01. The van der Waals surface area contributed by atoms with E-state index in [4.69, 9.17) is 9.84 Å². The number of hydrogen-bond acceptors (Lipinski definition) is 3. The zero-order chi connectivity index (χ0) is 13.1. The van der Waals surface area contributed by atoms with Gasteiger partial charge in [-0.15, -0.1) is 0 Å². The standard InChI is InChI=1S/C13H17BrFNO2/c1-9-5-16(7-11(8-17)18-9)6-10-2-3-13(15)12(14)4-10/h2-4,9,11,17H,5-8H2,1H3. The molecule has 2 unspecified atom stereocenters. The van der Waals surface area contributed by atoms with Gasteiger partial charge in [0.05, 0.1) is 23.3 Å². The Morgan fingerprint density at radius 1 is 1.50 bits per heavy atom. The molecule has 3 nitrogen and oxygen atoms in total. The van der Waals surface area contributed by atoms with Crippen molar-refractivity contribution in [3.8, 4) is 0 Å². The summed E-state index contributed by atoms with van der Waals surface area (Å²) in [4.78, 5) is 2.22. The van der Waals surface area contributed by atoms with Crippen molar-refractivity contribution < 1.29 is 14.2 Å². The van der Waals surface area contributed by atoms with E-state index in [1.165, 1.54) is 6.07 Å². The number of ether oxygens (including phenoxy) is 1. The van der Waals surface area contributed by atoms with Gasteiger partial charge in [-0.25, -0.2) is 4.39 Å². The number of nitrogens with zero attached hydrogens (tertiary/aromatic N) is 1. The van der Waals surface area contributed by atoms with Crippen LogP contribution in [0.25, 0.3) is 0 Å². The summed E-state index contributed by atoms with van der Waals surface area (Å²) in [5, 5.41) is 9.16. The van der Waals surface area contributed by atoms with E-state index < -0.39 is 0 Å². The predicted octanol–water partition coefficient (Wildman–Crippen LogP) is 2.17. The molecule has 2 atom stereocenters. The molecule has 0 aliphatic carbocycles. The summed E-state index contributed by atoms with van der Waals surface area (Å²) in [5.74, 6) is -0.248. The van der Waals surface area contributed by atoms with Crippen LogP contribution >= 0.6 is 15.9 Å². The second kappa shape index (κ2) is 6.10. The third-order valence-corrected chi connectivity index (χ3v) is 3.60. The van der Waals surface area contributed by atoms with Gasteiger partial charge in [0.2, 0.25) is 0 Å². The van der Waals surface area contributed by atoms with Crippen LogP contribution in [0.1, 0.15) is 12.5 Å². The molecule has 1 aliphatic rings. The third-order valence-electron chi connectivity index (χ3n) is 3.00. The fraction of sp³-hybridized carbons (Fsp3) is 0.538. The van der Waals surface area contributed by atoms with E-state index in [2.05, 4.69) is 20.8 Å². The summed E-state index contributed by atoms with van der Waals surface area (Å²) in [6, 6.07) is 5.05. The van der Waals surface area contributed by atoms with Gasteiger partial charge in [0.1, 0.15) is 5.82 Å². The first-order valence-corrected chi connectivity index (χ1v) is 6.80. The van der Waals surface area contributed by atoms with Crippen LogP contribution in [0.4, 0.5) is 4.39 Å². The minimum Gasteiger partial charge on any atom is -0.394 e. The Kier molecular flexibility index (Phi) is 4.72. The van der Waals surface area contributed by atoms with E-state index in [9.17, 15) is 4.39 Å². The smallest absolute Gasteiger partial charge is 0.137 e. The lowest BCUT2D eigenvalue weighted by Gasteiger charge is -2.36. The number of hydrogen-bond donors (Lipinski definition) is 1. The first kappa shape index (κ1) is 13.9. The van der Waals surface area contributed by atoms with Crippen LogP contribution < -0.4 is 0 Å². The second-order valence-electron chi connectivity index (χ2n) is 4.69. The van der Waals surface area contributed by atoms with Crippen molar-refractivity contribution in [2.45, 2.75) is 25.7 Å². The minimum absolute atomic E-state index is 0.0357. The van der Waals surface area contributed by atoms with Crippen molar-refractivity contribution in [2.24, 2.45) is 0 Å². The molecule has 0 radical (unpaired) electrons. The largest absolute Gasteiger partial charge is 0.394 e. The molecule has 0 aromatic heterocycles. The van der Waals surface area contributed by atoms with E-state index in [1.54, 1.807) is 12.1 Å². The topological polar surface area (TPSA) is 32.7 Å². The Hall–Kier alpha value is -0.490. The van der Waals surface area contributed by atoms with Crippen LogP contribution in [0.5, 0.6) is 0 Å². The molecule has 0 amide bonds. The molecule has 18 heavy (non-hydrogen) atoms. The van der Waals surface area contributed by atoms with Gasteiger partial charge in [-0.05, 0) is 40.5 Å². The summed E-state index contributed by atoms with van der Waals surface area (Å²) in [6.45, 7) is 4.30. The zero-order valence-corrected chi connectivity index (χ0v) is 11.9. The van der Waals surface area contributed by atoms with Gasteiger partial charge < -0.3 is 9.84 Å². The molecule has 1 aromatic carbocycles. The van der Waals surface area contributed by atoms with E-state index in [0.29, 0.717) is 11.0 Å². The quantitative estimate of drug-likeness (QED) is 0.927. The lowest BCUT2D eigenvalue weighted by atomic mass is 10.1. The molecule has 0 bridgehead atoms. The number of benzene rings is 1. The molecule has 1 fully saturated rings. The lowest BCUT2D eigenvalue weighted by Crippen LogP contribution is -2.47. The number of aliphatic hydroxyl groups is 1. The van der Waals surface area contributed by atoms with Crippen molar-refractivity contribution in [2.75, 3.05) is 19.7 Å². The van der Waals surface area contributed by atoms with Crippen molar-refractivity contribution in [1.82, 2.24) is 4.90 Å².